The molecule has 0 unspecified atom stereocenters. The first kappa shape index (κ1) is 17.6. The van der Waals surface area contributed by atoms with Gasteiger partial charge in [-0.15, -0.1) is 11.3 Å². The van der Waals surface area contributed by atoms with Gasteiger partial charge < -0.3 is 15.1 Å². The summed E-state index contributed by atoms with van der Waals surface area (Å²) in [5.41, 5.74) is 0.684. The highest BCUT2D eigenvalue weighted by molar-refractivity contribution is 7.29. The van der Waals surface area contributed by atoms with Gasteiger partial charge in [0, 0.05) is 27.2 Å². The first-order chi connectivity index (χ1) is 12.0. The minimum atomic E-state index is -0.126. The molecule has 3 heterocycles. The van der Waals surface area contributed by atoms with Gasteiger partial charge in [0.05, 0.1) is 21.5 Å². The van der Waals surface area contributed by atoms with E-state index in [1.807, 2.05) is 37.2 Å². The lowest BCUT2D eigenvalue weighted by Crippen LogP contribution is -2.21. The van der Waals surface area contributed by atoms with Crippen LogP contribution in [0.25, 0.3) is 9.53 Å². The van der Waals surface area contributed by atoms with E-state index in [0.717, 1.165) is 33.6 Å². The lowest BCUT2D eigenvalue weighted by Gasteiger charge is -2.16. The first-order valence-corrected chi connectivity index (χ1v) is 9.75. The van der Waals surface area contributed by atoms with Crippen LogP contribution in [0.15, 0.2) is 24.4 Å². The second kappa shape index (κ2) is 7.37. The van der Waals surface area contributed by atoms with Crippen molar-refractivity contribution in [3.63, 3.8) is 0 Å². The number of hydrogen-bond acceptors (Lipinski definition) is 7. The van der Waals surface area contributed by atoms with E-state index in [1.165, 1.54) is 11.3 Å². The third-order valence-electron chi connectivity index (χ3n) is 3.80. The minimum Gasteiger partial charge on any atom is -0.363 e. The Morgan fingerprint density at radius 2 is 1.96 bits per heavy atom. The highest BCUT2D eigenvalue weighted by Crippen LogP contribution is 2.34. The van der Waals surface area contributed by atoms with Crippen LogP contribution in [0.3, 0.4) is 0 Å². The van der Waals surface area contributed by atoms with Crippen molar-refractivity contribution in [1.29, 1.82) is 0 Å². The van der Waals surface area contributed by atoms with Crippen molar-refractivity contribution in [1.82, 2.24) is 9.97 Å². The molecule has 0 saturated carbocycles. The third kappa shape index (κ3) is 3.74. The van der Waals surface area contributed by atoms with Crippen molar-refractivity contribution in [2.45, 2.75) is 13.8 Å². The van der Waals surface area contributed by atoms with Crippen LogP contribution in [-0.4, -0.2) is 43.1 Å². The second-order valence-corrected chi connectivity index (χ2v) is 7.74. The average Bonchev–Trinajstić information content (AvgIpc) is 3.15. The van der Waals surface area contributed by atoms with E-state index in [1.54, 1.807) is 17.5 Å². The number of rotatable bonds is 6. The Labute approximate surface area is 155 Å². The Bertz CT molecular complexity index is 833. The van der Waals surface area contributed by atoms with Crippen molar-refractivity contribution in [3.05, 3.63) is 29.3 Å². The number of amides is 1. The number of carbonyl (C=O) groups excluding carboxylic acids is 1. The fraction of sp³-hybridized carbons (Fsp3) is 0.353. The van der Waals surface area contributed by atoms with Crippen molar-refractivity contribution < 1.29 is 4.79 Å². The van der Waals surface area contributed by atoms with Crippen molar-refractivity contribution in [3.8, 4) is 0 Å². The lowest BCUT2D eigenvalue weighted by atomic mass is 10.3. The summed E-state index contributed by atoms with van der Waals surface area (Å²) in [6.07, 6.45) is 1.67. The topological polar surface area (TPSA) is 61.4 Å². The van der Waals surface area contributed by atoms with E-state index in [9.17, 15) is 4.79 Å². The zero-order valence-corrected chi connectivity index (χ0v) is 16.4. The number of pyridine rings is 1. The highest BCUT2D eigenvalue weighted by atomic mass is 32.1. The molecule has 0 aliphatic rings. The Kier molecular flexibility index (Phi) is 5.19. The number of thiazole rings is 1. The summed E-state index contributed by atoms with van der Waals surface area (Å²) in [7, 11) is 3.86. The molecule has 0 aliphatic carbocycles. The molecule has 0 aliphatic heterocycles. The van der Waals surface area contributed by atoms with Gasteiger partial charge in [0.2, 0.25) is 0 Å². The van der Waals surface area contributed by atoms with Gasteiger partial charge in [-0.2, -0.15) is 0 Å². The fourth-order valence-corrected chi connectivity index (χ4v) is 4.62. The van der Waals surface area contributed by atoms with Crippen molar-refractivity contribution in [2.24, 2.45) is 0 Å². The van der Waals surface area contributed by atoms with E-state index in [0.29, 0.717) is 10.6 Å². The van der Waals surface area contributed by atoms with Gasteiger partial charge in [-0.05, 0) is 32.0 Å². The molecule has 0 radical (unpaired) electrons. The molecule has 1 N–H and O–H groups in total. The summed E-state index contributed by atoms with van der Waals surface area (Å²) in [4.78, 5) is 27.1. The molecule has 3 aromatic heterocycles. The normalized spacial score (nSPS) is 10.9. The van der Waals surface area contributed by atoms with E-state index >= 15 is 0 Å². The number of nitrogens with one attached hydrogen (secondary N) is 1. The van der Waals surface area contributed by atoms with Gasteiger partial charge in [-0.1, -0.05) is 11.3 Å². The molecular formula is C17H21N5OS2. The number of carbonyl (C=O) groups is 1. The van der Waals surface area contributed by atoms with Crippen LogP contribution in [0.2, 0.25) is 0 Å². The van der Waals surface area contributed by atoms with Gasteiger partial charge in [-0.25, -0.2) is 9.97 Å². The van der Waals surface area contributed by atoms with Gasteiger partial charge in [0.25, 0.3) is 5.91 Å². The summed E-state index contributed by atoms with van der Waals surface area (Å²) in [6.45, 7) is 6.10. The molecule has 1 amide bonds. The molecule has 25 heavy (non-hydrogen) atoms. The molecule has 132 valence electrons. The quantitative estimate of drug-likeness (QED) is 0.708. The van der Waals surface area contributed by atoms with Gasteiger partial charge in [-0.3, -0.25) is 4.79 Å². The Morgan fingerprint density at radius 1 is 1.20 bits per heavy atom. The van der Waals surface area contributed by atoms with Crippen LogP contribution in [0.5, 0.6) is 0 Å². The smallest absolute Gasteiger partial charge is 0.265 e. The SMILES string of the molecule is CCN(CC)c1nc2sc(C(=O)Nc3ccc(N(C)C)nc3)cc2s1. The van der Waals surface area contributed by atoms with Crippen molar-refractivity contribution >= 4 is 54.7 Å². The number of anilines is 3. The molecule has 0 spiro atoms. The number of nitrogens with zero attached hydrogens (tertiary/aromatic N) is 4. The van der Waals surface area contributed by atoms with E-state index in [2.05, 4.69) is 34.0 Å². The van der Waals surface area contributed by atoms with Gasteiger partial charge >= 0.3 is 0 Å². The van der Waals surface area contributed by atoms with Gasteiger partial charge in [0.15, 0.2) is 5.13 Å². The predicted octanol–water partition coefficient (Wildman–Crippen LogP) is 3.92. The average molecular weight is 376 g/mol. The number of thiophene rings is 1. The Hall–Kier alpha value is -2.19. The maximum Gasteiger partial charge on any atom is 0.265 e. The van der Waals surface area contributed by atoms with E-state index in [-0.39, 0.29) is 5.91 Å². The third-order valence-corrected chi connectivity index (χ3v) is 6.02. The maximum absolute atomic E-state index is 12.5. The monoisotopic (exact) mass is 375 g/mol. The van der Waals surface area contributed by atoms with Crippen LogP contribution >= 0.6 is 22.7 Å². The zero-order valence-electron chi connectivity index (χ0n) is 14.7. The highest BCUT2D eigenvalue weighted by Gasteiger charge is 2.16. The molecule has 0 bridgehead atoms. The molecule has 3 rings (SSSR count). The number of aromatic nitrogens is 2. The van der Waals surface area contributed by atoms with Gasteiger partial charge in [0.1, 0.15) is 10.6 Å². The maximum atomic E-state index is 12.5. The number of hydrogen-bond donors (Lipinski definition) is 1. The number of fused-ring (bicyclic) bond motifs is 1. The minimum absolute atomic E-state index is 0.126. The molecule has 0 aromatic carbocycles. The Morgan fingerprint density at radius 3 is 2.52 bits per heavy atom. The summed E-state index contributed by atoms with van der Waals surface area (Å²) < 4.78 is 1.05. The summed E-state index contributed by atoms with van der Waals surface area (Å²) >= 11 is 3.06. The molecule has 6 nitrogen and oxygen atoms in total. The molecule has 0 fully saturated rings. The molecule has 3 aromatic rings. The van der Waals surface area contributed by atoms with Crippen LogP contribution in [0, 0.1) is 0 Å². The summed E-state index contributed by atoms with van der Waals surface area (Å²) in [6, 6.07) is 5.65. The van der Waals surface area contributed by atoms with Crippen LogP contribution in [0.1, 0.15) is 23.5 Å². The largest absolute Gasteiger partial charge is 0.363 e. The molecule has 8 heteroatoms. The second-order valence-electron chi connectivity index (χ2n) is 5.70. The first-order valence-electron chi connectivity index (χ1n) is 8.11. The molecule has 0 atom stereocenters. The van der Waals surface area contributed by atoms with Crippen LogP contribution in [0.4, 0.5) is 16.6 Å². The zero-order chi connectivity index (χ0) is 18.0. The Balaban J connectivity index is 1.74. The molecular weight excluding hydrogens is 354 g/mol. The van der Waals surface area contributed by atoms with E-state index in [4.69, 9.17) is 0 Å². The van der Waals surface area contributed by atoms with Crippen LogP contribution in [-0.2, 0) is 0 Å². The van der Waals surface area contributed by atoms with Crippen molar-refractivity contribution in [2.75, 3.05) is 42.3 Å². The predicted molar refractivity (Wildman–Crippen MR) is 108 cm³/mol. The van der Waals surface area contributed by atoms with Crippen LogP contribution < -0.4 is 15.1 Å². The standard InChI is InChI=1S/C17H21N5OS2/c1-5-22(6-2)17-20-16-13(25-17)9-12(24-16)15(23)19-11-7-8-14(18-10-11)21(3)4/h7-10H,5-6H2,1-4H3,(H,19,23). The summed E-state index contributed by atoms with van der Waals surface area (Å²) in [5, 5.41) is 3.91. The summed E-state index contributed by atoms with van der Waals surface area (Å²) in [5.74, 6) is 0.724. The molecule has 0 saturated heterocycles. The fourth-order valence-electron chi connectivity index (χ4n) is 2.38. The van der Waals surface area contributed by atoms with E-state index < -0.39 is 0 Å². The lowest BCUT2D eigenvalue weighted by molar-refractivity contribution is 0.103.